The highest BCUT2D eigenvalue weighted by molar-refractivity contribution is 9.10. The number of likely N-dealkylation sites (N-methyl/N-ethyl adjacent to an activating group) is 1. The fourth-order valence-corrected chi connectivity index (χ4v) is 1.95. The molecule has 1 atom stereocenters. The molecule has 1 aliphatic heterocycles. The third kappa shape index (κ3) is 2.56. The second-order valence-corrected chi connectivity index (χ2v) is 4.55. The molecule has 2 heterocycles. The Kier molecular flexibility index (Phi) is 3.20. The summed E-state index contributed by atoms with van der Waals surface area (Å²) < 4.78 is 8.57. The van der Waals surface area contributed by atoms with Gasteiger partial charge >= 0.3 is 0 Å². The summed E-state index contributed by atoms with van der Waals surface area (Å²) in [5.41, 5.74) is 0. The molecule has 2 rings (SSSR count). The number of nitrogens with zero attached hydrogens (tertiary/aromatic N) is 3. The van der Waals surface area contributed by atoms with Crippen molar-refractivity contribution in [3.63, 3.8) is 0 Å². The number of aromatic nitrogens is 2. The average Bonchev–Trinajstić information content (AvgIpc) is 2.51. The van der Waals surface area contributed by atoms with Crippen LogP contribution in [-0.2, 0) is 11.3 Å². The third-order valence-corrected chi connectivity index (χ3v) is 2.74. The van der Waals surface area contributed by atoms with Crippen LogP contribution in [0.1, 0.15) is 0 Å². The predicted molar refractivity (Wildman–Crippen MR) is 57.2 cm³/mol. The molecule has 14 heavy (non-hydrogen) atoms. The van der Waals surface area contributed by atoms with Crippen molar-refractivity contribution in [1.29, 1.82) is 0 Å². The molecule has 1 saturated heterocycles. The largest absolute Gasteiger partial charge is 0.374 e. The summed E-state index contributed by atoms with van der Waals surface area (Å²) >= 11 is 3.37. The quantitative estimate of drug-likeness (QED) is 0.794. The van der Waals surface area contributed by atoms with Crippen LogP contribution in [0.2, 0.25) is 0 Å². The van der Waals surface area contributed by atoms with E-state index in [0.717, 1.165) is 30.7 Å². The molecule has 0 amide bonds. The molecule has 0 aliphatic carbocycles. The number of rotatable bonds is 2. The third-order valence-electron chi connectivity index (χ3n) is 2.33. The van der Waals surface area contributed by atoms with Crippen molar-refractivity contribution in [2.45, 2.75) is 12.6 Å². The molecule has 0 bridgehead atoms. The van der Waals surface area contributed by atoms with Crippen molar-refractivity contribution in [3.05, 3.63) is 16.9 Å². The number of halogens is 1. The van der Waals surface area contributed by atoms with E-state index in [1.807, 2.05) is 10.9 Å². The van der Waals surface area contributed by atoms with E-state index in [2.05, 4.69) is 33.0 Å². The van der Waals surface area contributed by atoms with Gasteiger partial charge in [0.1, 0.15) is 0 Å². The van der Waals surface area contributed by atoms with Crippen molar-refractivity contribution >= 4 is 15.9 Å². The molecular weight excluding hydrogens is 246 g/mol. The van der Waals surface area contributed by atoms with Crippen LogP contribution >= 0.6 is 15.9 Å². The van der Waals surface area contributed by atoms with Crippen LogP contribution in [0.3, 0.4) is 0 Å². The molecule has 1 fully saturated rings. The summed E-state index contributed by atoms with van der Waals surface area (Å²) in [4.78, 5) is 2.28. The van der Waals surface area contributed by atoms with Gasteiger partial charge in [-0.05, 0) is 23.0 Å². The van der Waals surface area contributed by atoms with Crippen LogP contribution in [0, 0.1) is 0 Å². The van der Waals surface area contributed by atoms with E-state index in [4.69, 9.17) is 4.74 Å². The zero-order valence-corrected chi connectivity index (χ0v) is 9.77. The van der Waals surface area contributed by atoms with Gasteiger partial charge in [0.2, 0.25) is 0 Å². The Labute approximate surface area is 92.0 Å². The van der Waals surface area contributed by atoms with Gasteiger partial charge in [-0.2, -0.15) is 5.10 Å². The maximum absolute atomic E-state index is 5.64. The highest BCUT2D eigenvalue weighted by Crippen LogP contribution is 2.09. The first kappa shape index (κ1) is 10.1. The molecule has 78 valence electrons. The van der Waals surface area contributed by atoms with Gasteiger partial charge in [-0.15, -0.1) is 0 Å². The van der Waals surface area contributed by atoms with Crippen LogP contribution < -0.4 is 0 Å². The van der Waals surface area contributed by atoms with Gasteiger partial charge in [0.15, 0.2) is 0 Å². The first-order chi connectivity index (χ1) is 6.74. The Bertz CT molecular complexity index is 302. The van der Waals surface area contributed by atoms with Gasteiger partial charge in [-0.1, -0.05) is 0 Å². The number of ether oxygens (including phenoxy) is 1. The van der Waals surface area contributed by atoms with Gasteiger partial charge < -0.3 is 9.64 Å². The Hall–Kier alpha value is -0.390. The van der Waals surface area contributed by atoms with Crippen molar-refractivity contribution in [1.82, 2.24) is 14.7 Å². The molecule has 0 aromatic carbocycles. The lowest BCUT2D eigenvalue weighted by Gasteiger charge is -2.29. The fourth-order valence-electron chi connectivity index (χ4n) is 1.62. The van der Waals surface area contributed by atoms with Crippen molar-refractivity contribution in [3.8, 4) is 0 Å². The summed E-state index contributed by atoms with van der Waals surface area (Å²) in [6.07, 6.45) is 4.03. The summed E-state index contributed by atoms with van der Waals surface area (Å²) in [7, 11) is 2.12. The SMILES string of the molecule is CN1CCOC(Cn2cc(Br)cn2)C1. The highest BCUT2D eigenvalue weighted by atomic mass is 79.9. The Morgan fingerprint density at radius 3 is 3.21 bits per heavy atom. The van der Waals surface area contributed by atoms with E-state index in [1.165, 1.54) is 0 Å². The summed E-state index contributed by atoms with van der Waals surface area (Å²) in [6, 6.07) is 0. The van der Waals surface area contributed by atoms with Crippen molar-refractivity contribution in [2.75, 3.05) is 26.7 Å². The smallest absolute Gasteiger partial charge is 0.0897 e. The van der Waals surface area contributed by atoms with Crippen LogP contribution in [0.15, 0.2) is 16.9 Å². The normalized spacial score (nSPS) is 24.0. The van der Waals surface area contributed by atoms with E-state index in [9.17, 15) is 0 Å². The monoisotopic (exact) mass is 259 g/mol. The lowest BCUT2D eigenvalue weighted by Crippen LogP contribution is -2.42. The highest BCUT2D eigenvalue weighted by Gasteiger charge is 2.18. The number of hydrogen-bond acceptors (Lipinski definition) is 3. The van der Waals surface area contributed by atoms with Crippen LogP contribution in [0.25, 0.3) is 0 Å². The number of morpholine rings is 1. The number of hydrogen-bond donors (Lipinski definition) is 0. The van der Waals surface area contributed by atoms with E-state index in [0.29, 0.717) is 0 Å². The first-order valence-corrected chi connectivity index (χ1v) is 5.51. The molecule has 0 N–H and O–H groups in total. The molecule has 1 aliphatic rings. The van der Waals surface area contributed by atoms with E-state index in [1.54, 1.807) is 6.20 Å². The van der Waals surface area contributed by atoms with Gasteiger partial charge in [-0.25, -0.2) is 0 Å². The average molecular weight is 260 g/mol. The molecular formula is C9H14BrN3O. The topological polar surface area (TPSA) is 30.3 Å². The van der Waals surface area contributed by atoms with E-state index >= 15 is 0 Å². The molecule has 0 radical (unpaired) electrons. The van der Waals surface area contributed by atoms with Gasteiger partial charge in [0.25, 0.3) is 0 Å². The lowest BCUT2D eigenvalue weighted by molar-refractivity contribution is -0.0290. The van der Waals surface area contributed by atoms with Gasteiger partial charge in [0, 0.05) is 19.3 Å². The second kappa shape index (κ2) is 4.42. The van der Waals surface area contributed by atoms with Crippen molar-refractivity contribution in [2.24, 2.45) is 0 Å². The molecule has 5 heteroatoms. The Morgan fingerprint density at radius 2 is 2.57 bits per heavy atom. The summed E-state index contributed by atoms with van der Waals surface area (Å²) in [6.45, 7) is 3.66. The van der Waals surface area contributed by atoms with Crippen molar-refractivity contribution < 1.29 is 4.74 Å². The molecule has 1 aromatic heterocycles. The van der Waals surface area contributed by atoms with Gasteiger partial charge in [0.05, 0.1) is 29.9 Å². The lowest BCUT2D eigenvalue weighted by atomic mass is 10.3. The molecule has 0 spiro atoms. The molecule has 4 nitrogen and oxygen atoms in total. The second-order valence-electron chi connectivity index (χ2n) is 3.64. The van der Waals surface area contributed by atoms with Crippen LogP contribution in [-0.4, -0.2) is 47.5 Å². The Balaban J connectivity index is 1.90. The zero-order valence-electron chi connectivity index (χ0n) is 8.19. The molecule has 1 unspecified atom stereocenters. The predicted octanol–water partition coefficient (Wildman–Crippen LogP) is 0.976. The maximum Gasteiger partial charge on any atom is 0.0897 e. The Morgan fingerprint density at radius 1 is 1.71 bits per heavy atom. The molecule has 1 aromatic rings. The van der Waals surface area contributed by atoms with Crippen LogP contribution in [0.4, 0.5) is 0 Å². The van der Waals surface area contributed by atoms with E-state index in [-0.39, 0.29) is 6.10 Å². The minimum atomic E-state index is 0.264. The zero-order chi connectivity index (χ0) is 9.97. The molecule has 0 saturated carbocycles. The van der Waals surface area contributed by atoms with E-state index < -0.39 is 0 Å². The summed E-state index contributed by atoms with van der Waals surface area (Å²) in [5, 5.41) is 4.21. The summed E-state index contributed by atoms with van der Waals surface area (Å²) in [5.74, 6) is 0. The first-order valence-electron chi connectivity index (χ1n) is 4.72. The minimum absolute atomic E-state index is 0.264. The van der Waals surface area contributed by atoms with Gasteiger partial charge in [-0.3, -0.25) is 4.68 Å². The standard InChI is InChI=1S/C9H14BrN3O/c1-12-2-3-14-9(6-12)7-13-5-8(10)4-11-13/h4-5,9H,2-3,6-7H2,1H3. The fraction of sp³-hybridized carbons (Fsp3) is 0.667. The maximum atomic E-state index is 5.64. The van der Waals surface area contributed by atoms with Crippen LogP contribution in [0.5, 0.6) is 0 Å². The minimum Gasteiger partial charge on any atom is -0.374 e.